The number of carbonyl (C=O) groups excluding carboxylic acids is 2. The van der Waals surface area contributed by atoms with Crippen LogP contribution in [0.5, 0.6) is 5.75 Å². The number of amides is 1. The van der Waals surface area contributed by atoms with Crippen molar-refractivity contribution in [1.29, 1.82) is 0 Å². The summed E-state index contributed by atoms with van der Waals surface area (Å²) < 4.78 is 5.48. The number of anilines is 1. The number of Topliss-reactive ketones (excluding diaryl/α,β-unsaturated/α-hetero) is 1. The van der Waals surface area contributed by atoms with E-state index in [0.29, 0.717) is 36.4 Å². The van der Waals surface area contributed by atoms with Gasteiger partial charge in [-0.1, -0.05) is 84.4 Å². The molecule has 3 aromatic carbocycles. The number of para-hydroxylation sites is 2. The van der Waals surface area contributed by atoms with Gasteiger partial charge in [-0.15, -0.1) is 0 Å². The van der Waals surface area contributed by atoms with Crippen molar-refractivity contribution in [2.24, 2.45) is 5.41 Å². The predicted octanol–water partition coefficient (Wildman–Crippen LogP) is 5.71. The molecular weight excluding hydrogens is 398 g/mol. The van der Waals surface area contributed by atoms with Crippen LogP contribution in [0.3, 0.4) is 0 Å². The van der Waals surface area contributed by atoms with Crippen molar-refractivity contribution in [2.75, 3.05) is 18.6 Å². The van der Waals surface area contributed by atoms with Crippen molar-refractivity contribution in [1.82, 2.24) is 0 Å². The third kappa shape index (κ3) is 4.09. The zero-order chi connectivity index (χ0) is 22.6. The number of nitrogens with zero attached hydrogens (tertiary/aromatic N) is 1. The number of benzene rings is 3. The van der Waals surface area contributed by atoms with Gasteiger partial charge < -0.3 is 9.64 Å². The topological polar surface area (TPSA) is 46.6 Å². The van der Waals surface area contributed by atoms with Crippen molar-refractivity contribution in [3.8, 4) is 5.75 Å². The Morgan fingerprint density at radius 3 is 2.41 bits per heavy atom. The van der Waals surface area contributed by atoms with E-state index in [1.54, 1.807) is 12.0 Å². The molecule has 0 aliphatic carbocycles. The van der Waals surface area contributed by atoms with Crippen molar-refractivity contribution in [3.05, 3.63) is 102 Å². The van der Waals surface area contributed by atoms with E-state index in [-0.39, 0.29) is 11.7 Å². The van der Waals surface area contributed by atoms with Gasteiger partial charge in [0.2, 0.25) is 5.91 Å². The largest absolute Gasteiger partial charge is 0.495 e. The van der Waals surface area contributed by atoms with Gasteiger partial charge in [0, 0.05) is 12.1 Å². The Morgan fingerprint density at radius 1 is 1.00 bits per heavy atom. The summed E-state index contributed by atoms with van der Waals surface area (Å²) in [6, 6.07) is 24.8. The number of hydrogen-bond donors (Lipinski definition) is 0. The Morgan fingerprint density at radius 2 is 1.69 bits per heavy atom. The van der Waals surface area contributed by atoms with E-state index in [9.17, 15) is 9.59 Å². The fourth-order valence-electron chi connectivity index (χ4n) is 4.29. The second-order valence-electron chi connectivity index (χ2n) is 8.17. The van der Waals surface area contributed by atoms with E-state index < -0.39 is 5.41 Å². The normalized spacial score (nSPS) is 18.3. The van der Waals surface area contributed by atoms with Crippen molar-refractivity contribution < 1.29 is 14.3 Å². The molecule has 0 radical (unpaired) electrons. The van der Waals surface area contributed by atoms with E-state index >= 15 is 0 Å². The van der Waals surface area contributed by atoms with Crippen molar-refractivity contribution in [2.45, 2.75) is 19.8 Å². The molecule has 1 aliphatic heterocycles. The van der Waals surface area contributed by atoms with E-state index in [1.165, 1.54) is 0 Å². The lowest BCUT2D eigenvalue weighted by atomic mass is 9.75. The molecule has 1 atom stereocenters. The summed E-state index contributed by atoms with van der Waals surface area (Å²) in [7, 11) is 1.59. The minimum Gasteiger partial charge on any atom is -0.495 e. The number of rotatable bonds is 7. The summed E-state index contributed by atoms with van der Waals surface area (Å²) in [6.07, 6.45) is 4.73. The van der Waals surface area contributed by atoms with Gasteiger partial charge in [-0.05, 0) is 37.5 Å². The van der Waals surface area contributed by atoms with Crippen LogP contribution >= 0.6 is 0 Å². The highest BCUT2D eigenvalue weighted by atomic mass is 16.5. The molecule has 1 heterocycles. The number of allylic oxidation sites excluding steroid dienone is 1. The molecule has 0 bridgehead atoms. The number of hydrogen-bond acceptors (Lipinski definition) is 3. The molecular formula is C28H27NO3. The fraction of sp³-hybridized carbons (Fsp3) is 0.214. The maximum absolute atomic E-state index is 13.8. The fourth-order valence-corrected chi connectivity index (χ4v) is 4.29. The highest BCUT2D eigenvalue weighted by Gasteiger charge is 2.52. The summed E-state index contributed by atoms with van der Waals surface area (Å²) in [5, 5.41) is 0. The van der Waals surface area contributed by atoms with E-state index in [4.69, 9.17) is 4.74 Å². The molecule has 0 N–H and O–H groups in total. The Balaban J connectivity index is 1.70. The lowest BCUT2D eigenvalue weighted by Crippen LogP contribution is -2.40. The van der Waals surface area contributed by atoms with Crippen LogP contribution in [0.2, 0.25) is 0 Å². The molecule has 4 heteroatoms. The van der Waals surface area contributed by atoms with E-state index in [0.717, 1.165) is 11.1 Å². The van der Waals surface area contributed by atoms with Crippen molar-refractivity contribution in [3.63, 3.8) is 0 Å². The third-order valence-electron chi connectivity index (χ3n) is 6.12. The molecule has 1 amide bonds. The van der Waals surface area contributed by atoms with Crippen LogP contribution in [0.4, 0.5) is 5.69 Å². The standard InChI is InChI=1S/C28H27NO3/c1-21-14-16-23(17-15-21)26(30)28(18-8-11-22-9-4-3-5-10-22)19-20-29(27(28)31)24-12-6-7-13-25(24)32-2/h3-17H,18-20H2,1-2H3/b11-8+/t28-/m0/s1. The van der Waals surface area contributed by atoms with E-state index in [2.05, 4.69) is 0 Å². The first kappa shape index (κ1) is 21.6. The Kier molecular flexibility index (Phi) is 6.22. The number of aryl methyl sites for hydroxylation is 1. The van der Waals surface area contributed by atoms with Gasteiger partial charge in [-0.25, -0.2) is 0 Å². The third-order valence-corrected chi connectivity index (χ3v) is 6.12. The quantitative estimate of drug-likeness (QED) is 0.360. The molecule has 1 aliphatic rings. The summed E-state index contributed by atoms with van der Waals surface area (Å²) >= 11 is 0. The molecule has 4 rings (SSSR count). The monoisotopic (exact) mass is 425 g/mol. The average Bonchev–Trinajstić information content (AvgIpc) is 3.16. The summed E-state index contributed by atoms with van der Waals surface area (Å²) in [5.74, 6) is 0.321. The molecule has 0 aromatic heterocycles. The van der Waals surface area contributed by atoms with Crippen molar-refractivity contribution >= 4 is 23.5 Å². The summed E-state index contributed by atoms with van der Waals surface area (Å²) in [6.45, 7) is 2.45. The minimum absolute atomic E-state index is 0.127. The smallest absolute Gasteiger partial charge is 0.241 e. The average molecular weight is 426 g/mol. The van der Waals surface area contributed by atoms with Gasteiger partial charge >= 0.3 is 0 Å². The van der Waals surface area contributed by atoms with Crippen LogP contribution < -0.4 is 9.64 Å². The molecule has 32 heavy (non-hydrogen) atoms. The van der Waals surface area contributed by atoms with Gasteiger partial charge in [-0.3, -0.25) is 9.59 Å². The van der Waals surface area contributed by atoms with Crippen LogP contribution in [0.25, 0.3) is 6.08 Å². The molecule has 1 fully saturated rings. The first-order valence-corrected chi connectivity index (χ1v) is 10.8. The number of carbonyl (C=O) groups is 2. The highest BCUT2D eigenvalue weighted by Crippen LogP contribution is 2.43. The van der Waals surface area contributed by atoms with Crippen LogP contribution in [0, 0.1) is 12.3 Å². The molecule has 4 nitrogen and oxygen atoms in total. The Hall–Kier alpha value is -3.66. The van der Waals surface area contributed by atoms with E-state index in [1.807, 2.05) is 97.9 Å². The summed E-state index contributed by atoms with van der Waals surface area (Å²) in [4.78, 5) is 29.3. The van der Waals surface area contributed by atoms with Crippen LogP contribution in [-0.2, 0) is 4.79 Å². The van der Waals surface area contributed by atoms with Gasteiger partial charge in [0.05, 0.1) is 12.8 Å². The Bertz CT molecular complexity index is 1130. The SMILES string of the molecule is COc1ccccc1N1CC[C@@](C/C=C/c2ccccc2)(C(=O)c2ccc(C)cc2)C1=O. The van der Waals surface area contributed by atoms with Crippen LogP contribution in [-0.4, -0.2) is 25.3 Å². The summed E-state index contributed by atoms with van der Waals surface area (Å²) in [5.41, 5.74) is 2.25. The zero-order valence-corrected chi connectivity index (χ0v) is 18.5. The highest BCUT2D eigenvalue weighted by molar-refractivity contribution is 6.20. The minimum atomic E-state index is -1.14. The van der Waals surface area contributed by atoms with Gasteiger partial charge in [-0.2, -0.15) is 0 Å². The van der Waals surface area contributed by atoms with Gasteiger partial charge in [0.25, 0.3) is 0 Å². The first-order chi connectivity index (χ1) is 15.5. The molecule has 1 saturated heterocycles. The number of ketones is 1. The van der Waals surface area contributed by atoms with Crippen LogP contribution in [0.15, 0.2) is 84.9 Å². The van der Waals surface area contributed by atoms with Gasteiger partial charge in [0.15, 0.2) is 5.78 Å². The molecule has 3 aromatic rings. The maximum Gasteiger partial charge on any atom is 0.241 e. The molecule has 162 valence electrons. The molecule has 0 spiro atoms. The lowest BCUT2D eigenvalue weighted by molar-refractivity contribution is -0.123. The lowest BCUT2D eigenvalue weighted by Gasteiger charge is -2.26. The van der Waals surface area contributed by atoms with Gasteiger partial charge in [0.1, 0.15) is 11.2 Å². The van der Waals surface area contributed by atoms with Crippen LogP contribution in [0.1, 0.15) is 34.3 Å². The second-order valence-corrected chi connectivity index (χ2v) is 8.17. The zero-order valence-electron chi connectivity index (χ0n) is 18.5. The maximum atomic E-state index is 13.8. The number of methoxy groups -OCH3 is 1. The molecule has 0 saturated carbocycles. The Labute approximate surface area is 189 Å². The number of ether oxygens (including phenoxy) is 1. The predicted molar refractivity (Wildman–Crippen MR) is 128 cm³/mol. The molecule has 0 unspecified atom stereocenters. The first-order valence-electron chi connectivity index (χ1n) is 10.8. The second kappa shape index (κ2) is 9.23.